The average molecular weight is 282 g/mol. The molecular weight excluding hydrogens is 260 g/mol. The lowest BCUT2D eigenvalue weighted by Gasteiger charge is -2.27. The maximum absolute atomic E-state index is 4.25. The van der Waals surface area contributed by atoms with Gasteiger partial charge in [0.05, 0.1) is 6.54 Å². The molecule has 0 spiro atoms. The van der Waals surface area contributed by atoms with Gasteiger partial charge in [-0.15, -0.1) is 10.2 Å². The van der Waals surface area contributed by atoms with Crippen LogP contribution in [0.1, 0.15) is 30.1 Å². The third kappa shape index (κ3) is 3.39. The van der Waals surface area contributed by atoms with E-state index in [9.17, 15) is 0 Å². The highest BCUT2D eigenvalue weighted by Crippen LogP contribution is 2.20. The maximum Gasteiger partial charge on any atom is 0.146 e. The van der Waals surface area contributed by atoms with Crippen LogP contribution in [0.25, 0.3) is 6.08 Å². The molecule has 1 aromatic carbocycles. The average Bonchev–Trinajstić information content (AvgIpc) is 2.82. The Balaban J connectivity index is 1.58. The van der Waals surface area contributed by atoms with Gasteiger partial charge in [0.1, 0.15) is 11.6 Å². The summed E-state index contributed by atoms with van der Waals surface area (Å²) in [6, 6.07) is 10.6. The van der Waals surface area contributed by atoms with Crippen molar-refractivity contribution < 1.29 is 0 Å². The van der Waals surface area contributed by atoms with Crippen molar-refractivity contribution in [1.82, 2.24) is 19.7 Å². The van der Waals surface area contributed by atoms with Gasteiger partial charge in [0.2, 0.25) is 0 Å². The highest BCUT2D eigenvalue weighted by Gasteiger charge is 2.16. The van der Waals surface area contributed by atoms with E-state index in [-0.39, 0.29) is 0 Å². The smallest absolute Gasteiger partial charge is 0.146 e. The van der Waals surface area contributed by atoms with Crippen LogP contribution in [0, 0.1) is 6.92 Å². The van der Waals surface area contributed by atoms with Gasteiger partial charge in [-0.2, -0.15) is 0 Å². The molecule has 1 aromatic heterocycles. The Hall–Kier alpha value is -1.94. The number of aryl methyl sites for hydroxylation is 1. The first-order valence-corrected chi connectivity index (χ1v) is 7.54. The van der Waals surface area contributed by atoms with Crippen molar-refractivity contribution in [2.75, 3.05) is 13.1 Å². The number of nitrogens with zero attached hydrogens (tertiary/aromatic N) is 4. The lowest BCUT2D eigenvalue weighted by molar-refractivity contribution is 0.240. The Morgan fingerprint density at radius 2 is 1.81 bits per heavy atom. The molecule has 0 bridgehead atoms. The Bertz CT molecular complexity index is 617. The predicted molar refractivity (Wildman–Crippen MR) is 84.7 cm³/mol. The van der Waals surface area contributed by atoms with E-state index >= 15 is 0 Å². The zero-order valence-electron chi connectivity index (χ0n) is 12.8. The van der Waals surface area contributed by atoms with E-state index in [0.29, 0.717) is 0 Å². The van der Waals surface area contributed by atoms with Gasteiger partial charge in [-0.25, -0.2) is 0 Å². The fourth-order valence-corrected chi connectivity index (χ4v) is 2.72. The zero-order chi connectivity index (χ0) is 14.7. The topological polar surface area (TPSA) is 34.0 Å². The summed E-state index contributed by atoms with van der Waals surface area (Å²) in [6.07, 6.45) is 4.63. The first-order valence-electron chi connectivity index (χ1n) is 7.54. The van der Waals surface area contributed by atoms with Crippen molar-refractivity contribution in [2.24, 2.45) is 7.05 Å². The van der Waals surface area contributed by atoms with E-state index in [1.165, 1.54) is 5.56 Å². The molecule has 4 heteroatoms. The molecule has 21 heavy (non-hydrogen) atoms. The fraction of sp³-hybridized carbons (Fsp3) is 0.412. The second kappa shape index (κ2) is 6.22. The van der Waals surface area contributed by atoms with Gasteiger partial charge in [0.15, 0.2) is 0 Å². The second-order valence-electron chi connectivity index (χ2n) is 5.71. The summed E-state index contributed by atoms with van der Waals surface area (Å²) in [5.41, 5.74) is 2.86. The predicted octanol–water partition coefficient (Wildman–Crippen LogP) is 2.80. The first kappa shape index (κ1) is 14.0. The third-order valence-electron chi connectivity index (χ3n) is 4.22. The largest absolute Gasteiger partial charge is 0.317 e. The number of hydrogen-bond donors (Lipinski definition) is 0. The minimum Gasteiger partial charge on any atom is -0.317 e. The molecule has 0 saturated carbocycles. The summed E-state index contributed by atoms with van der Waals surface area (Å²) in [5, 5.41) is 8.38. The quantitative estimate of drug-likeness (QED) is 0.868. The summed E-state index contributed by atoms with van der Waals surface area (Å²) >= 11 is 0. The van der Waals surface area contributed by atoms with Crippen LogP contribution in [0.3, 0.4) is 0 Å². The lowest BCUT2D eigenvalue weighted by Crippen LogP contribution is -2.31. The van der Waals surface area contributed by atoms with E-state index in [1.807, 2.05) is 14.0 Å². The van der Waals surface area contributed by atoms with Gasteiger partial charge in [-0.3, -0.25) is 4.90 Å². The van der Waals surface area contributed by atoms with Crippen molar-refractivity contribution in [3.63, 3.8) is 0 Å². The number of piperidine rings is 1. The van der Waals surface area contributed by atoms with Crippen LogP contribution >= 0.6 is 0 Å². The number of likely N-dealkylation sites (tertiary alicyclic amines) is 1. The molecule has 0 amide bonds. The lowest BCUT2D eigenvalue weighted by atomic mass is 10.0. The van der Waals surface area contributed by atoms with Gasteiger partial charge in [0, 0.05) is 20.1 Å². The van der Waals surface area contributed by atoms with Gasteiger partial charge < -0.3 is 4.57 Å². The number of hydrogen-bond acceptors (Lipinski definition) is 3. The highest BCUT2D eigenvalue weighted by atomic mass is 15.3. The van der Waals surface area contributed by atoms with E-state index in [4.69, 9.17) is 0 Å². The normalized spacial score (nSPS) is 16.2. The molecule has 1 aliphatic rings. The minimum atomic E-state index is 0.899. The molecular formula is C17H22N4. The molecule has 0 aliphatic carbocycles. The number of aromatic nitrogens is 3. The molecule has 1 saturated heterocycles. The van der Waals surface area contributed by atoms with Crippen molar-refractivity contribution in [3.8, 4) is 0 Å². The zero-order valence-corrected chi connectivity index (χ0v) is 12.8. The Morgan fingerprint density at radius 3 is 2.43 bits per heavy atom. The third-order valence-corrected chi connectivity index (χ3v) is 4.22. The van der Waals surface area contributed by atoms with Crippen LogP contribution < -0.4 is 0 Å². The molecule has 3 rings (SSSR count). The van der Waals surface area contributed by atoms with Gasteiger partial charge in [-0.1, -0.05) is 42.0 Å². The molecule has 2 aromatic rings. The van der Waals surface area contributed by atoms with Gasteiger partial charge in [0.25, 0.3) is 0 Å². The Morgan fingerprint density at radius 1 is 1.10 bits per heavy atom. The molecule has 0 atom stereocenters. The maximum atomic E-state index is 4.25. The molecule has 0 N–H and O–H groups in total. The molecule has 1 fully saturated rings. The standard InChI is InChI=1S/C17H22N4/c1-14-18-19-17(20(14)2)13-21-10-8-16(9-11-21)12-15-6-4-3-5-7-15/h3-7,12H,8-11,13H2,1-2H3. The highest BCUT2D eigenvalue weighted by molar-refractivity contribution is 5.52. The number of rotatable bonds is 3. The molecule has 110 valence electrons. The Labute approximate surface area is 126 Å². The Kier molecular flexibility index (Phi) is 4.15. The van der Waals surface area contributed by atoms with Gasteiger partial charge >= 0.3 is 0 Å². The first-order chi connectivity index (χ1) is 10.2. The van der Waals surface area contributed by atoms with E-state index in [2.05, 4.69) is 56.1 Å². The van der Waals surface area contributed by atoms with Crippen LogP contribution in [0.5, 0.6) is 0 Å². The second-order valence-corrected chi connectivity index (χ2v) is 5.71. The SMILES string of the molecule is Cc1nnc(CN2CCC(=Cc3ccccc3)CC2)n1C. The summed E-state index contributed by atoms with van der Waals surface area (Å²) in [6.45, 7) is 5.10. The van der Waals surface area contributed by atoms with E-state index < -0.39 is 0 Å². The van der Waals surface area contributed by atoms with E-state index in [1.54, 1.807) is 5.57 Å². The van der Waals surface area contributed by atoms with Crippen LogP contribution in [0.2, 0.25) is 0 Å². The van der Waals surface area contributed by atoms with Crippen molar-refractivity contribution in [1.29, 1.82) is 0 Å². The van der Waals surface area contributed by atoms with Crippen molar-refractivity contribution in [2.45, 2.75) is 26.3 Å². The van der Waals surface area contributed by atoms with Crippen molar-refractivity contribution >= 4 is 6.08 Å². The fourth-order valence-electron chi connectivity index (χ4n) is 2.72. The summed E-state index contributed by atoms with van der Waals surface area (Å²) in [7, 11) is 2.04. The summed E-state index contributed by atoms with van der Waals surface area (Å²) in [4.78, 5) is 2.46. The molecule has 0 radical (unpaired) electrons. The minimum absolute atomic E-state index is 0.899. The number of benzene rings is 1. The summed E-state index contributed by atoms with van der Waals surface area (Å²) < 4.78 is 2.08. The van der Waals surface area contributed by atoms with Crippen LogP contribution in [-0.2, 0) is 13.6 Å². The van der Waals surface area contributed by atoms with Crippen LogP contribution in [0.15, 0.2) is 35.9 Å². The summed E-state index contributed by atoms with van der Waals surface area (Å²) in [5.74, 6) is 2.04. The molecule has 4 nitrogen and oxygen atoms in total. The molecule has 1 aliphatic heterocycles. The van der Waals surface area contributed by atoms with Gasteiger partial charge in [-0.05, 0) is 25.3 Å². The van der Waals surface area contributed by atoms with E-state index in [0.717, 1.165) is 44.1 Å². The van der Waals surface area contributed by atoms with Crippen molar-refractivity contribution in [3.05, 3.63) is 53.1 Å². The van der Waals surface area contributed by atoms with Crippen LogP contribution in [-0.4, -0.2) is 32.8 Å². The molecule has 0 unspecified atom stereocenters. The van der Waals surface area contributed by atoms with Crippen LogP contribution in [0.4, 0.5) is 0 Å². The molecule has 2 heterocycles. The monoisotopic (exact) mass is 282 g/mol.